The van der Waals surface area contributed by atoms with E-state index in [4.69, 9.17) is 4.74 Å². The fraction of sp³-hybridized carbons (Fsp3) is 0.733. The molecule has 1 spiro atoms. The van der Waals surface area contributed by atoms with Gasteiger partial charge in [0.1, 0.15) is 17.8 Å². The SMILES string of the molecule is Cn1ncnc1CCNC(=O)[C@@H]1CC(=O)OC12CCCCC2. The molecule has 3 rings (SSSR count). The Kier molecular flexibility index (Phi) is 4.13. The molecule has 1 amide bonds. The molecule has 0 bridgehead atoms. The summed E-state index contributed by atoms with van der Waals surface area (Å²) in [7, 11) is 1.82. The van der Waals surface area contributed by atoms with Gasteiger partial charge in [0.05, 0.1) is 12.3 Å². The number of rotatable bonds is 4. The number of carbonyl (C=O) groups excluding carboxylic acids is 2. The Hall–Kier alpha value is -1.92. The van der Waals surface area contributed by atoms with Gasteiger partial charge in [-0.1, -0.05) is 6.42 Å². The molecular formula is C15H22N4O3. The number of aromatic nitrogens is 3. The molecule has 120 valence electrons. The predicted molar refractivity (Wildman–Crippen MR) is 77.7 cm³/mol. The second-order valence-electron chi connectivity index (χ2n) is 6.20. The zero-order valence-electron chi connectivity index (χ0n) is 12.9. The van der Waals surface area contributed by atoms with Crippen molar-refractivity contribution in [1.82, 2.24) is 20.1 Å². The van der Waals surface area contributed by atoms with E-state index in [1.807, 2.05) is 7.05 Å². The molecule has 1 saturated heterocycles. The van der Waals surface area contributed by atoms with Gasteiger partial charge in [0.15, 0.2) is 0 Å². The maximum absolute atomic E-state index is 12.5. The van der Waals surface area contributed by atoms with Gasteiger partial charge in [-0.05, 0) is 25.7 Å². The van der Waals surface area contributed by atoms with Gasteiger partial charge in [-0.15, -0.1) is 0 Å². The smallest absolute Gasteiger partial charge is 0.307 e. The first-order valence-corrected chi connectivity index (χ1v) is 7.93. The lowest BCUT2D eigenvalue weighted by Gasteiger charge is -2.36. The monoisotopic (exact) mass is 306 g/mol. The number of carbonyl (C=O) groups is 2. The molecule has 1 aliphatic heterocycles. The molecule has 2 fully saturated rings. The Morgan fingerprint density at radius 3 is 2.91 bits per heavy atom. The number of hydrogen-bond acceptors (Lipinski definition) is 5. The van der Waals surface area contributed by atoms with E-state index in [0.29, 0.717) is 13.0 Å². The third-order valence-corrected chi connectivity index (χ3v) is 4.79. The summed E-state index contributed by atoms with van der Waals surface area (Å²) in [5.74, 6) is 0.163. The van der Waals surface area contributed by atoms with E-state index < -0.39 is 5.60 Å². The number of nitrogens with one attached hydrogen (secondary N) is 1. The highest BCUT2D eigenvalue weighted by atomic mass is 16.6. The Morgan fingerprint density at radius 1 is 1.45 bits per heavy atom. The molecule has 0 radical (unpaired) electrons. The van der Waals surface area contributed by atoms with E-state index >= 15 is 0 Å². The minimum Gasteiger partial charge on any atom is -0.458 e. The summed E-state index contributed by atoms with van der Waals surface area (Å²) >= 11 is 0. The largest absolute Gasteiger partial charge is 0.458 e. The second-order valence-corrected chi connectivity index (χ2v) is 6.20. The Balaban J connectivity index is 1.58. The number of esters is 1. The van der Waals surface area contributed by atoms with Crippen molar-refractivity contribution < 1.29 is 14.3 Å². The van der Waals surface area contributed by atoms with Crippen molar-refractivity contribution in [2.75, 3.05) is 6.54 Å². The molecule has 0 aromatic carbocycles. The van der Waals surface area contributed by atoms with Crippen molar-refractivity contribution in [1.29, 1.82) is 0 Å². The lowest BCUT2D eigenvalue weighted by molar-refractivity contribution is -0.153. The highest BCUT2D eigenvalue weighted by Crippen LogP contribution is 2.44. The summed E-state index contributed by atoms with van der Waals surface area (Å²) < 4.78 is 7.26. The summed E-state index contributed by atoms with van der Waals surface area (Å²) in [6.07, 6.45) is 7.14. The first-order valence-electron chi connectivity index (χ1n) is 7.93. The van der Waals surface area contributed by atoms with Crippen molar-refractivity contribution in [2.45, 2.75) is 50.5 Å². The molecule has 1 saturated carbocycles. The van der Waals surface area contributed by atoms with Crippen LogP contribution >= 0.6 is 0 Å². The van der Waals surface area contributed by atoms with Crippen LogP contribution in [0.4, 0.5) is 0 Å². The fourth-order valence-electron chi connectivity index (χ4n) is 3.59. The van der Waals surface area contributed by atoms with E-state index in [1.165, 1.54) is 6.33 Å². The number of nitrogens with zero attached hydrogens (tertiary/aromatic N) is 3. The highest BCUT2D eigenvalue weighted by molar-refractivity contribution is 5.87. The molecule has 0 unspecified atom stereocenters. The maximum Gasteiger partial charge on any atom is 0.307 e. The molecule has 1 aliphatic carbocycles. The maximum atomic E-state index is 12.5. The molecule has 1 aromatic heterocycles. The van der Waals surface area contributed by atoms with E-state index in [-0.39, 0.29) is 24.2 Å². The highest BCUT2D eigenvalue weighted by Gasteiger charge is 2.52. The molecule has 22 heavy (non-hydrogen) atoms. The van der Waals surface area contributed by atoms with E-state index in [0.717, 1.165) is 37.9 Å². The van der Waals surface area contributed by atoms with Crippen molar-refractivity contribution in [2.24, 2.45) is 13.0 Å². The minimum absolute atomic E-state index is 0.0741. The third-order valence-electron chi connectivity index (χ3n) is 4.79. The van der Waals surface area contributed by atoms with Gasteiger partial charge in [-0.2, -0.15) is 5.10 Å². The van der Waals surface area contributed by atoms with E-state index in [1.54, 1.807) is 4.68 Å². The standard InChI is InChI=1S/C15H22N4O3/c1-19-12(17-10-18-19)5-8-16-14(21)11-9-13(20)22-15(11)6-3-2-4-7-15/h10-11H,2-9H2,1H3,(H,16,21)/t11-/m0/s1. The van der Waals surface area contributed by atoms with Crippen molar-refractivity contribution in [3.8, 4) is 0 Å². The molecule has 1 aromatic rings. The minimum atomic E-state index is -0.551. The van der Waals surface area contributed by atoms with Crippen LogP contribution in [-0.4, -0.2) is 38.8 Å². The molecular weight excluding hydrogens is 284 g/mol. The first kappa shape index (κ1) is 15.0. The average molecular weight is 306 g/mol. The van der Waals surface area contributed by atoms with Gasteiger partial charge in [-0.3, -0.25) is 14.3 Å². The number of amides is 1. The third kappa shape index (κ3) is 2.84. The van der Waals surface area contributed by atoms with Crippen LogP contribution in [0.1, 0.15) is 44.3 Å². The van der Waals surface area contributed by atoms with Crippen LogP contribution in [0.15, 0.2) is 6.33 Å². The molecule has 2 aliphatic rings. The van der Waals surface area contributed by atoms with Gasteiger partial charge in [0.25, 0.3) is 0 Å². The topological polar surface area (TPSA) is 86.1 Å². The number of aryl methyl sites for hydroxylation is 1. The Bertz CT molecular complexity index is 563. The lowest BCUT2D eigenvalue weighted by atomic mass is 9.75. The van der Waals surface area contributed by atoms with E-state index in [9.17, 15) is 9.59 Å². The van der Waals surface area contributed by atoms with E-state index in [2.05, 4.69) is 15.4 Å². The summed E-state index contributed by atoms with van der Waals surface area (Å²) in [5, 5.41) is 6.93. The first-order chi connectivity index (χ1) is 10.6. The molecule has 2 heterocycles. The number of ether oxygens (including phenoxy) is 1. The summed E-state index contributed by atoms with van der Waals surface area (Å²) in [5.41, 5.74) is -0.551. The quantitative estimate of drug-likeness (QED) is 0.829. The van der Waals surface area contributed by atoms with Crippen molar-refractivity contribution in [3.63, 3.8) is 0 Å². The van der Waals surface area contributed by atoms with Gasteiger partial charge in [0, 0.05) is 20.0 Å². The van der Waals surface area contributed by atoms with Crippen LogP contribution in [0.5, 0.6) is 0 Å². The average Bonchev–Trinajstić information content (AvgIpc) is 3.04. The zero-order valence-corrected chi connectivity index (χ0v) is 12.9. The molecule has 1 N–H and O–H groups in total. The van der Waals surface area contributed by atoms with Gasteiger partial charge < -0.3 is 10.1 Å². The fourth-order valence-corrected chi connectivity index (χ4v) is 3.59. The lowest BCUT2D eigenvalue weighted by Crippen LogP contribution is -2.46. The van der Waals surface area contributed by atoms with Crippen LogP contribution in [-0.2, 0) is 27.8 Å². The van der Waals surface area contributed by atoms with Crippen LogP contribution in [0.25, 0.3) is 0 Å². The Morgan fingerprint density at radius 2 is 2.23 bits per heavy atom. The normalized spacial score (nSPS) is 23.5. The van der Waals surface area contributed by atoms with Crippen LogP contribution in [0.3, 0.4) is 0 Å². The zero-order chi connectivity index (χ0) is 15.6. The summed E-state index contributed by atoms with van der Waals surface area (Å²) in [6.45, 7) is 0.492. The van der Waals surface area contributed by atoms with Crippen LogP contribution < -0.4 is 5.32 Å². The van der Waals surface area contributed by atoms with Crippen molar-refractivity contribution in [3.05, 3.63) is 12.2 Å². The predicted octanol–water partition coefficient (Wildman–Crippen LogP) is 0.740. The van der Waals surface area contributed by atoms with Crippen LogP contribution in [0, 0.1) is 5.92 Å². The van der Waals surface area contributed by atoms with Crippen LogP contribution in [0.2, 0.25) is 0 Å². The summed E-state index contributed by atoms with van der Waals surface area (Å²) in [4.78, 5) is 28.3. The Labute approximate surface area is 129 Å². The molecule has 7 heteroatoms. The van der Waals surface area contributed by atoms with Gasteiger partial charge in [-0.25, -0.2) is 4.98 Å². The molecule has 7 nitrogen and oxygen atoms in total. The van der Waals surface area contributed by atoms with Gasteiger partial charge in [0.2, 0.25) is 5.91 Å². The molecule has 1 atom stereocenters. The summed E-state index contributed by atoms with van der Waals surface area (Å²) in [6, 6.07) is 0. The second kappa shape index (κ2) is 6.06. The van der Waals surface area contributed by atoms with Crippen molar-refractivity contribution >= 4 is 11.9 Å². The number of hydrogen-bond donors (Lipinski definition) is 1. The van der Waals surface area contributed by atoms with Gasteiger partial charge >= 0.3 is 5.97 Å².